The predicted molar refractivity (Wildman–Crippen MR) is 139 cm³/mol. The molecule has 0 fully saturated rings. The van der Waals surface area contributed by atoms with Crippen LogP contribution in [0.5, 0.6) is 5.75 Å². The number of hydrogen-bond acceptors (Lipinski definition) is 5. The largest absolute Gasteiger partial charge is 0.482 e. The van der Waals surface area contributed by atoms with Crippen molar-refractivity contribution in [3.8, 4) is 5.75 Å². The average Bonchev–Trinajstić information content (AvgIpc) is 2.89. The zero-order valence-corrected chi connectivity index (χ0v) is 20.5. The minimum Gasteiger partial charge on any atom is -0.482 e. The van der Waals surface area contributed by atoms with E-state index in [0.29, 0.717) is 28.6 Å². The lowest BCUT2D eigenvalue weighted by Gasteiger charge is -2.30. The summed E-state index contributed by atoms with van der Waals surface area (Å²) < 4.78 is 10.4. The second-order valence-corrected chi connectivity index (χ2v) is 8.79. The van der Waals surface area contributed by atoms with E-state index in [-0.39, 0.29) is 25.0 Å². The first kappa shape index (κ1) is 24.7. The third-order valence-corrected chi connectivity index (χ3v) is 5.89. The minimum atomic E-state index is -0.445. The van der Waals surface area contributed by atoms with Gasteiger partial charge in [-0.3, -0.25) is 9.59 Å². The molecule has 0 radical (unpaired) electrons. The molecule has 184 valence electrons. The van der Waals surface area contributed by atoms with Crippen molar-refractivity contribution in [3.05, 3.63) is 95.1 Å². The standard InChI is InChI=1S/C29H28N2O5/c1-19(2)22-10-7-20(8-11-22)9-14-27(32)30-24-12-13-26-25(16-24)31(28(33)18-36-26)17-21-5-4-6-23(15-21)29(34)35-3/h4-16,19H,17-18H2,1-3H3,(H,30,32)/b14-9+. The lowest BCUT2D eigenvalue weighted by atomic mass is 10.0. The van der Waals surface area contributed by atoms with Crippen molar-refractivity contribution in [2.24, 2.45) is 0 Å². The maximum atomic E-state index is 12.7. The highest BCUT2D eigenvalue weighted by Crippen LogP contribution is 2.35. The SMILES string of the molecule is COC(=O)c1cccc(CN2C(=O)COc3ccc(NC(=O)/C=C/c4ccc(C(C)C)cc4)cc32)c1. The smallest absolute Gasteiger partial charge is 0.337 e. The first-order chi connectivity index (χ1) is 17.3. The second-order valence-electron chi connectivity index (χ2n) is 8.79. The fourth-order valence-electron chi connectivity index (χ4n) is 3.90. The summed E-state index contributed by atoms with van der Waals surface area (Å²) in [4.78, 5) is 38.7. The fraction of sp³-hybridized carbons (Fsp3) is 0.207. The zero-order valence-electron chi connectivity index (χ0n) is 20.5. The summed E-state index contributed by atoms with van der Waals surface area (Å²) in [6, 6.07) is 20.2. The van der Waals surface area contributed by atoms with Crippen LogP contribution in [-0.4, -0.2) is 31.5 Å². The highest BCUT2D eigenvalue weighted by atomic mass is 16.5. The van der Waals surface area contributed by atoms with Gasteiger partial charge in [0, 0.05) is 11.8 Å². The molecule has 0 saturated heterocycles. The molecule has 1 N–H and O–H groups in total. The summed E-state index contributed by atoms with van der Waals surface area (Å²) in [7, 11) is 1.32. The van der Waals surface area contributed by atoms with E-state index in [1.165, 1.54) is 18.7 Å². The molecule has 7 nitrogen and oxygen atoms in total. The number of hydrogen-bond donors (Lipinski definition) is 1. The van der Waals surface area contributed by atoms with Crippen molar-refractivity contribution in [2.75, 3.05) is 23.9 Å². The van der Waals surface area contributed by atoms with Crippen molar-refractivity contribution in [3.63, 3.8) is 0 Å². The maximum Gasteiger partial charge on any atom is 0.337 e. The molecular weight excluding hydrogens is 456 g/mol. The monoisotopic (exact) mass is 484 g/mol. The van der Waals surface area contributed by atoms with Gasteiger partial charge in [0.05, 0.1) is 24.9 Å². The fourth-order valence-corrected chi connectivity index (χ4v) is 3.90. The van der Waals surface area contributed by atoms with Crippen molar-refractivity contribution in [1.29, 1.82) is 0 Å². The molecule has 1 aliphatic heterocycles. The molecule has 0 saturated carbocycles. The van der Waals surface area contributed by atoms with Gasteiger partial charge in [-0.15, -0.1) is 0 Å². The minimum absolute atomic E-state index is 0.0895. The Morgan fingerprint density at radius 2 is 1.86 bits per heavy atom. The summed E-state index contributed by atoms with van der Waals surface area (Å²) in [6.07, 6.45) is 3.23. The Morgan fingerprint density at radius 3 is 2.58 bits per heavy atom. The molecule has 1 heterocycles. The Hall–Kier alpha value is -4.39. The molecule has 1 aliphatic rings. The van der Waals surface area contributed by atoms with E-state index in [0.717, 1.165) is 11.1 Å². The number of amides is 2. The number of benzene rings is 3. The van der Waals surface area contributed by atoms with Crippen LogP contribution in [0.2, 0.25) is 0 Å². The van der Waals surface area contributed by atoms with E-state index < -0.39 is 5.97 Å². The molecular formula is C29H28N2O5. The van der Waals surface area contributed by atoms with E-state index in [4.69, 9.17) is 9.47 Å². The van der Waals surface area contributed by atoms with Gasteiger partial charge in [-0.05, 0) is 59.0 Å². The molecule has 0 unspecified atom stereocenters. The lowest BCUT2D eigenvalue weighted by Crippen LogP contribution is -2.38. The molecule has 0 bridgehead atoms. The van der Waals surface area contributed by atoms with Crippen LogP contribution < -0.4 is 15.0 Å². The van der Waals surface area contributed by atoms with E-state index >= 15 is 0 Å². The van der Waals surface area contributed by atoms with Gasteiger partial charge in [-0.1, -0.05) is 50.2 Å². The van der Waals surface area contributed by atoms with Crippen molar-refractivity contribution in [1.82, 2.24) is 0 Å². The quantitative estimate of drug-likeness (QED) is 0.369. The number of nitrogens with zero attached hydrogens (tertiary/aromatic N) is 1. The molecule has 3 aromatic rings. The van der Waals surface area contributed by atoms with Gasteiger partial charge >= 0.3 is 5.97 Å². The molecule has 36 heavy (non-hydrogen) atoms. The van der Waals surface area contributed by atoms with Crippen LogP contribution in [0.25, 0.3) is 6.08 Å². The maximum absolute atomic E-state index is 12.7. The van der Waals surface area contributed by atoms with Crippen LogP contribution in [0, 0.1) is 0 Å². The van der Waals surface area contributed by atoms with Gasteiger partial charge in [0.2, 0.25) is 5.91 Å². The van der Waals surface area contributed by atoms with E-state index in [2.05, 4.69) is 31.3 Å². The van der Waals surface area contributed by atoms with Crippen molar-refractivity contribution >= 4 is 35.2 Å². The summed E-state index contributed by atoms with van der Waals surface area (Å²) in [5.74, 6) is 0.0296. The third kappa shape index (κ3) is 5.81. The van der Waals surface area contributed by atoms with Gasteiger partial charge in [0.1, 0.15) is 5.75 Å². The molecule has 4 rings (SSSR count). The Kier molecular flexibility index (Phi) is 7.49. The highest BCUT2D eigenvalue weighted by molar-refractivity contribution is 6.03. The Labute approximate surface area is 210 Å². The first-order valence-electron chi connectivity index (χ1n) is 11.7. The van der Waals surface area contributed by atoms with E-state index in [1.807, 2.05) is 18.2 Å². The Morgan fingerprint density at radius 1 is 1.08 bits per heavy atom. The van der Waals surface area contributed by atoms with Gasteiger partial charge in [0.15, 0.2) is 6.61 Å². The Bertz CT molecular complexity index is 1310. The zero-order chi connectivity index (χ0) is 25.7. The molecule has 2 amide bonds. The van der Waals surface area contributed by atoms with Crippen LogP contribution in [0.1, 0.15) is 46.8 Å². The summed E-state index contributed by atoms with van der Waals surface area (Å²) in [5.41, 5.74) is 4.41. The number of esters is 1. The van der Waals surface area contributed by atoms with Crippen LogP contribution in [-0.2, 0) is 20.9 Å². The van der Waals surface area contributed by atoms with E-state index in [1.54, 1.807) is 47.4 Å². The van der Waals surface area contributed by atoms with Crippen LogP contribution >= 0.6 is 0 Å². The van der Waals surface area contributed by atoms with Crippen LogP contribution in [0.4, 0.5) is 11.4 Å². The molecule has 7 heteroatoms. The average molecular weight is 485 g/mol. The van der Waals surface area contributed by atoms with Crippen LogP contribution in [0.3, 0.4) is 0 Å². The number of fused-ring (bicyclic) bond motifs is 1. The predicted octanol–water partition coefficient (Wildman–Crippen LogP) is 5.17. The number of ether oxygens (including phenoxy) is 2. The third-order valence-electron chi connectivity index (χ3n) is 5.89. The molecule has 0 atom stereocenters. The highest BCUT2D eigenvalue weighted by Gasteiger charge is 2.26. The molecule has 0 spiro atoms. The van der Waals surface area contributed by atoms with E-state index in [9.17, 15) is 14.4 Å². The topological polar surface area (TPSA) is 84.9 Å². The van der Waals surface area contributed by atoms with Crippen LogP contribution in [0.15, 0.2) is 72.8 Å². The normalized spacial score (nSPS) is 12.9. The number of methoxy groups -OCH3 is 1. The summed E-state index contributed by atoms with van der Waals surface area (Å²) in [5, 5.41) is 2.84. The Balaban J connectivity index is 1.50. The van der Waals surface area contributed by atoms with Gasteiger partial charge in [-0.2, -0.15) is 0 Å². The number of carbonyl (C=O) groups is 3. The van der Waals surface area contributed by atoms with Gasteiger partial charge in [-0.25, -0.2) is 4.79 Å². The van der Waals surface area contributed by atoms with Crippen molar-refractivity contribution in [2.45, 2.75) is 26.3 Å². The number of carbonyl (C=O) groups excluding carboxylic acids is 3. The molecule has 0 aromatic heterocycles. The lowest BCUT2D eigenvalue weighted by molar-refractivity contribution is -0.121. The van der Waals surface area contributed by atoms with Crippen molar-refractivity contribution < 1.29 is 23.9 Å². The first-order valence-corrected chi connectivity index (χ1v) is 11.7. The summed E-state index contributed by atoms with van der Waals surface area (Å²) >= 11 is 0. The van der Waals surface area contributed by atoms with Gasteiger partial charge < -0.3 is 19.7 Å². The number of nitrogens with one attached hydrogen (secondary N) is 1. The summed E-state index contributed by atoms with van der Waals surface area (Å²) in [6.45, 7) is 4.42. The second kappa shape index (κ2) is 10.9. The number of anilines is 2. The number of rotatable bonds is 7. The molecule has 0 aliphatic carbocycles. The van der Waals surface area contributed by atoms with Gasteiger partial charge in [0.25, 0.3) is 5.91 Å². The molecule has 3 aromatic carbocycles.